The molecule has 0 aliphatic carbocycles. The van der Waals surface area contributed by atoms with Gasteiger partial charge in [0.25, 0.3) is 0 Å². The summed E-state index contributed by atoms with van der Waals surface area (Å²) < 4.78 is 23.2. The van der Waals surface area contributed by atoms with Gasteiger partial charge < -0.3 is 9.47 Å². The highest BCUT2D eigenvalue weighted by Crippen LogP contribution is 2.20. The maximum absolute atomic E-state index is 13.6. The first kappa shape index (κ1) is 14.2. The van der Waals surface area contributed by atoms with Gasteiger partial charge in [-0.05, 0) is 32.0 Å². The van der Waals surface area contributed by atoms with Gasteiger partial charge in [-0.1, -0.05) is 0 Å². The molecule has 0 spiro atoms. The van der Waals surface area contributed by atoms with Gasteiger partial charge in [0.15, 0.2) is 17.3 Å². The Morgan fingerprint density at radius 1 is 1.33 bits per heavy atom. The molecule has 0 fully saturated rings. The third-order valence-electron chi connectivity index (χ3n) is 2.15. The van der Waals surface area contributed by atoms with Crippen LogP contribution < -0.4 is 4.74 Å². The normalized spacial score (nSPS) is 10.3. The van der Waals surface area contributed by atoms with Crippen LogP contribution in [0.2, 0.25) is 0 Å². The first-order valence-corrected chi connectivity index (χ1v) is 5.50. The number of methoxy groups -OCH3 is 1. The number of carbonyl (C=O) groups is 2. The number of halogens is 1. The van der Waals surface area contributed by atoms with Gasteiger partial charge in [0.05, 0.1) is 13.2 Å². The topological polar surface area (TPSA) is 52.6 Å². The molecule has 0 aromatic heterocycles. The molecule has 0 saturated heterocycles. The summed E-state index contributed by atoms with van der Waals surface area (Å²) in [6, 6.07) is 3.86. The summed E-state index contributed by atoms with van der Waals surface area (Å²) in [5.41, 5.74) is 0.119. The second-order valence-corrected chi connectivity index (χ2v) is 3.99. The smallest absolute Gasteiger partial charge is 0.313 e. The Morgan fingerprint density at radius 2 is 2.00 bits per heavy atom. The summed E-state index contributed by atoms with van der Waals surface area (Å²) in [5, 5.41) is 0. The van der Waals surface area contributed by atoms with E-state index in [4.69, 9.17) is 4.74 Å². The molecule has 1 aromatic carbocycles. The van der Waals surface area contributed by atoms with Crippen molar-refractivity contribution in [3.63, 3.8) is 0 Å². The fraction of sp³-hybridized carbons (Fsp3) is 0.385. The molecule has 5 heteroatoms. The quantitative estimate of drug-likeness (QED) is 0.460. The van der Waals surface area contributed by atoms with Crippen LogP contribution in [0, 0.1) is 5.82 Å². The first-order chi connectivity index (χ1) is 8.43. The van der Waals surface area contributed by atoms with E-state index in [1.165, 1.54) is 19.2 Å². The molecule has 0 aliphatic heterocycles. The highest BCUT2D eigenvalue weighted by atomic mass is 19.1. The number of ether oxygens (including phenoxy) is 2. The van der Waals surface area contributed by atoms with Crippen LogP contribution in [0.3, 0.4) is 0 Å². The average molecular weight is 254 g/mol. The minimum Gasteiger partial charge on any atom is -0.488 e. The molecule has 1 aromatic rings. The van der Waals surface area contributed by atoms with Crippen LogP contribution in [0.5, 0.6) is 5.75 Å². The van der Waals surface area contributed by atoms with E-state index in [1.54, 1.807) is 13.8 Å². The van der Waals surface area contributed by atoms with Crippen LogP contribution in [0.4, 0.5) is 4.39 Å². The second kappa shape index (κ2) is 6.14. The van der Waals surface area contributed by atoms with Crippen molar-refractivity contribution in [3.05, 3.63) is 29.6 Å². The summed E-state index contributed by atoms with van der Waals surface area (Å²) in [5.74, 6) is -1.68. The van der Waals surface area contributed by atoms with Crippen LogP contribution in [0.15, 0.2) is 18.2 Å². The van der Waals surface area contributed by atoms with Crippen molar-refractivity contribution in [3.8, 4) is 5.75 Å². The molecule has 0 bridgehead atoms. The molecule has 0 amide bonds. The van der Waals surface area contributed by atoms with E-state index >= 15 is 0 Å². The number of hydrogen-bond acceptors (Lipinski definition) is 4. The maximum atomic E-state index is 13.6. The van der Waals surface area contributed by atoms with E-state index in [0.717, 1.165) is 6.07 Å². The molecule has 0 radical (unpaired) electrons. The van der Waals surface area contributed by atoms with Crippen molar-refractivity contribution in [2.75, 3.05) is 7.11 Å². The van der Waals surface area contributed by atoms with E-state index in [1.807, 2.05) is 0 Å². The predicted molar refractivity (Wildman–Crippen MR) is 63.1 cm³/mol. The summed E-state index contributed by atoms with van der Waals surface area (Å²) in [4.78, 5) is 22.5. The van der Waals surface area contributed by atoms with Crippen molar-refractivity contribution in [1.82, 2.24) is 0 Å². The van der Waals surface area contributed by atoms with Gasteiger partial charge in [0, 0.05) is 5.56 Å². The minimum atomic E-state index is -0.650. The second-order valence-electron chi connectivity index (χ2n) is 3.99. The Kier molecular flexibility index (Phi) is 4.83. The predicted octanol–water partition coefficient (Wildman–Crippen LogP) is 2.36. The number of hydrogen-bond donors (Lipinski definition) is 0. The number of rotatable bonds is 5. The number of benzene rings is 1. The molecule has 98 valence electrons. The van der Waals surface area contributed by atoms with E-state index in [0.29, 0.717) is 0 Å². The third kappa shape index (κ3) is 3.84. The molecule has 0 N–H and O–H groups in total. The lowest BCUT2D eigenvalue weighted by Gasteiger charge is -2.11. The van der Waals surface area contributed by atoms with Crippen molar-refractivity contribution < 1.29 is 23.5 Å². The Bertz CT molecular complexity index is 454. The van der Waals surface area contributed by atoms with E-state index in [-0.39, 0.29) is 17.4 Å². The molecular formula is C13H15FO4. The number of esters is 1. The van der Waals surface area contributed by atoms with E-state index in [2.05, 4.69) is 4.74 Å². The zero-order valence-corrected chi connectivity index (χ0v) is 10.5. The first-order valence-electron chi connectivity index (χ1n) is 5.50. The summed E-state index contributed by atoms with van der Waals surface area (Å²) >= 11 is 0. The number of ketones is 1. The highest BCUT2D eigenvalue weighted by molar-refractivity contribution is 6.05. The molecule has 0 saturated carbocycles. The number of carbonyl (C=O) groups excluding carboxylic acids is 2. The van der Waals surface area contributed by atoms with Crippen LogP contribution >= 0.6 is 0 Å². The molecule has 0 unspecified atom stereocenters. The van der Waals surface area contributed by atoms with Crippen LogP contribution in [-0.2, 0) is 9.53 Å². The van der Waals surface area contributed by atoms with E-state index in [9.17, 15) is 14.0 Å². The van der Waals surface area contributed by atoms with Crippen LogP contribution in [-0.4, -0.2) is 25.0 Å². The van der Waals surface area contributed by atoms with Gasteiger partial charge in [-0.3, -0.25) is 9.59 Å². The fourth-order valence-electron chi connectivity index (χ4n) is 1.33. The SMILES string of the molecule is COC(=O)CC(=O)c1ccc(OC(C)C)c(F)c1. The molecule has 1 rings (SSSR count). The van der Waals surface area contributed by atoms with Gasteiger partial charge in [0.1, 0.15) is 6.42 Å². The molecule has 4 nitrogen and oxygen atoms in total. The van der Waals surface area contributed by atoms with Gasteiger partial charge in [-0.15, -0.1) is 0 Å². The fourth-order valence-corrected chi connectivity index (χ4v) is 1.33. The molecule has 0 heterocycles. The largest absolute Gasteiger partial charge is 0.488 e. The van der Waals surface area contributed by atoms with Crippen LogP contribution in [0.25, 0.3) is 0 Å². The molecule has 0 aliphatic rings. The van der Waals surface area contributed by atoms with Crippen molar-refractivity contribution in [2.24, 2.45) is 0 Å². The molecular weight excluding hydrogens is 239 g/mol. The molecule has 18 heavy (non-hydrogen) atoms. The lowest BCUT2D eigenvalue weighted by Crippen LogP contribution is -2.11. The average Bonchev–Trinajstić information content (AvgIpc) is 2.30. The Labute approximate surface area is 105 Å². The van der Waals surface area contributed by atoms with Crippen molar-refractivity contribution in [2.45, 2.75) is 26.4 Å². The highest BCUT2D eigenvalue weighted by Gasteiger charge is 2.14. The van der Waals surface area contributed by atoms with Crippen molar-refractivity contribution >= 4 is 11.8 Å². The van der Waals surface area contributed by atoms with Gasteiger partial charge in [-0.25, -0.2) is 4.39 Å². The Balaban J connectivity index is 2.83. The maximum Gasteiger partial charge on any atom is 0.313 e. The Hall–Kier alpha value is -1.91. The zero-order valence-electron chi connectivity index (χ0n) is 10.5. The summed E-state index contributed by atoms with van der Waals surface area (Å²) in [7, 11) is 1.19. The monoisotopic (exact) mass is 254 g/mol. The van der Waals surface area contributed by atoms with E-state index < -0.39 is 24.0 Å². The summed E-state index contributed by atoms with van der Waals surface area (Å²) in [6.07, 6.45) is -0.559. The zero-order chi connectivity index (χ0) is 13.7. The molecule has 0 atom stereocenters. The van der Waals surface area contributed by atoms with Gasteiger partial charge in [-0.2, -0.15) is 0 Å². The Morgan fingerprint density at radius 3 is 2.50 bits per heavy atom. The summed E-state index contributed by atoms with van der Waals surface area (Å²) in [6.45, 7) is 3.55. The van der Waals surface area contributed by atoms with Gasteiger partial charge in [0.2, 0.25) is 0 Å². The van der Waals surface area contributed by atoms with Crippen molar-refractivity contribution in [1.29, 1.82) is 0 Å². The third-order valence-corrected chi connectivity index (χ3v) is 2.15. The minimum absolute atomic E-state index is 0.0830. The standard InChI is InChI=1S/C13H15FO4/c1-8(2)18-12-5-4-9(6-10(12)14)11(15)7-13(16)17-3/h4-6,8H,7H2,1-3H3. The van der Waals surface area contributed by atoms with Gasteiger partial charge >= 0.3 is 5.97 Å². The lowest BCUT2D eigenvalue weighted by atomic mass is 10.1. The lowest BCUT2D eigenvalue weighted by molar-refractivity contribution is -0.139. The number of Topliss-reactive ketones (excluding diaryl/α,β-unsaturated/α-hetero) is 1. The van der Waals surface area contributed by atoms with Crippen LogP contribution in [0.1, 0.15) is 30.6 Å².